The lowest BCUT2D eigenvalue weighted by molar-refractivity contribution is -0.146. The first-order chi connectivity index (χ1) is 13.1. The van der Waals surface area contributed by atoms with E-state index in [2.05, 4.69) is 0 Å². The van der Waals surface area contributed by atoms with E-state index in [9.17, 15) is 9.59 Å². The number of benzene rings is 1. The molecule has 1 saturated heterocycles. The molecule has 3 aliphatic rings. The van der Waals surface area contributed by atoms with Gasteiger partial charge in [-0.15, -0.1) is 0 Å². The highest BCUT2D eigenvalue weighted by Crippen LogP contribution is 2.46. The van der Waals surface area contributed by atoms with Crippen molar-refractivity contribution in [2.75, 3.05) is 26.2 Å². The summed E-state index contributed by atoms with van der Waals surface area (Å²) in [6.07, 6.45) is 8.51. The highest BCUT2D eigenvalue weighted by molar-refractivity contribution is 6.30. The number of hydrogen-bond acceptors (Lipinski definition) is 2. The van der Waals surface area contributed by atoms with Gasteiger partial charge in [0.1, 0.15) is 0 Å². The van der Waals surface area contributed by atoms with E-state index in [0.717, 1.165) is 24.8 Å². The fourth-order valence-corrected chi connectivity index (χ4v) is 5.18. The van der Waals surface area contributed by atoms with Gasteiger partial charge in [-0.1, -0.05) is 43.0 Å². The molecule has 2 amide bonds. The van der Waals surface area contributed by atoms with E-state index in [1.807, 2.05) is 34.1 Å². The molecule has 2 saturated carbocycles. The smallest absolute Gasteiger partial charge is 0.233 e. The van der Waals surface area contributed by atoms with Crippen LogP contribution in [0.4, 0.5) is 0 Å². The van der Waals surface area contributed by atoms with Gasteiger partial charge in [0, 0.05) is 37.6 Å². The molecule has 4 nitrogen and oxygen atoms in total. The third kappa shape index (κ3) is 3.73. The Hall–Kier alpha value is -1.55. The lowest BCUT2D eigenvalue weighted by Gasteiger charge is -2.46. The van der Waals surface area contributed by atoms with Gasteiger partial charge in [-0.3, -0.25) is 9.59 Å². The van der Waals surface area contributed by atoms with Gasteiger partial charge < -0.3 is 9.80 Å². The summed E-state index contributed by atoms with van der Waals surface area (Å²) in [4.78, 5) is 29.8. The summed E-state index contributed by atoms with van der Waals surface area (Å²) in [5.74, 6) is 1.08. The summed E-state index contributed by atoms with van der Waals surface area (Å²) >= 11 is 6.18. The van der Waals surface area contributed by atoms with Crippen molar-refractivity contribution >= 4 is 23.4 Å². The van der Waals surface area contributed by atoms with E-state index in [1.165, 1.54) is 25.7 Å². The highest BCUT2D eigenvalue weighted by Gasteiger charge is 2.48. The first-order valence-corrected chi connectivity index (χ1v) is 10.8. The Morgan fingerprint density at radius 3 is 2.26 bits per heavy atom. The van der Waals surface area contributed by atoms with Crippen molar-refractivity contribution < 1.29 is 9.59 Å². The first kappa shape index (κ1) is 18.8. The molecule has 3 fully saturated rings. The second-order valence-corrected chi connectivity index (χ2v) is 8.91. The van der Waals surface area contributed by atoms with E-state index in [-0.39, 0.29) is 11.8 Å². The molecule has 27 heavy (non-hydrogen) atoms. The Kier molecular flexibility index (Phi) is 5.45. The molecule has 0 unspecified atom stereocenters. The van der Waals surface area contributed by atoms with Gasteiger partial charge in [0.2, 0.25) is 11.8 Å². The Labute approximate surface area is 166 Å². The van der Waals surface area contributed by atoms with Crippen LogP contribution < -0.4 is 0 Å². The maximum atomic E-state index is 13.3. The first-order valence-electron chi connectivity index (χ1n) is 10.4. The predicted molar refractivity (Wildman–Crippen MR) is 107 cm³/mol. The Bertz CT molecular complexity index is 702. The number of hydrogen-bond donors (Lipinski definition) is 0. The van der Waals surface area contributed by atoms with Gasteiger partial charge in [-0.25, -0.2) is 0 Å². The van der Waals surface area contributed by atoms with Crippen LogP contribution in [-0.2, 0) is 15.0 Å². The lowest BCUT2D eigenvalue weighted by atomic mass is 9.63. The van der Waals surface area contributed by atoms with Crippen molar-refractivity contribution in [3.8, 4) is 0 Å². The monoisotopic (exact) mass is 388 g/mol. The number of rotatable bonds is 4. The maximum absolute atomic E-state index is 13.3. The van der Waals surface area contributed by atoms with Crippen molar-refractivity contribution in [2.45, 2.75) is 56.8 Å². The summed E-state index contributed by atoms with van der Waals surface area (Å²) in [6, 6.07) is 7.77. The van der Waals surface area contributed by atoms with Crippen LogP contribution in [0.15, 0.2) is 24.3 Å². The molecule has 0 radical (unpaired) electrons. The lowest BCUT2D eigenvalue weighted by Crippen LogP contribution is -2.57. The zero-order chi connectivity index (χ0) is 18.9. The van der Waals surface area contributed by atoms with Crippen LogP contribution >= 0.6 is 11.6 Å². The van der Waals surface area contributed by atoms with Crippen LogP contribution in [0.1, 0.15) is 56.9 Å². The number of amides is 2. The van der Waals surface area contributed by atoms with Gasteiger partial charge in [-0.2, -0.15) is 0 Å². The summed E-state index contributed by atoms with van der Waals surface area (Å²) in [5, 5.41) is 0.689. The third-order valence-electron chi connectivity index (χ3n) is 6.85. The molecule has 1 aromatic rings. The van der Waals surface area contributed by atoms with Crippen molar-refractivity contribution in [3.05, 3.63) is 34.9 Å². The zero-order valence-corrected chi connectivity index (χ0v) is 16.7. The molecule has 0 atom stereocenters. The average molecular weight is 389 g/mol. The normalized spacial score (nSPS) is 22.6. The van der Waals surface area contributed by atoms with Crippen molar-refractivity contribution in [3.63, 3.8) is 0 Å². The fourth-order valence-electron chi connectivity index (χ4n) is 4.99. The molecule has 4 rings (SSSR count). The van der Waals surface area contributed by atoms with Crippen molar-refractivity contribution in [1.29, 1.82) is 0 Å². The van der Waals surface area contributed by atoms with Gasteiger partial charge in [0.25, 0.3) is 0 Å². The number of halogens is 1. The Morgan fingerprint density at radius 2 is 1.67 bits per heavy atom. The van der Waals surface area contributed by atoms with Crippen molar-refractivity contribution in [2.24, 2.45) is 5.92 Å². The largest absolute Gasteiger partial charge is 0.339 e. The summed E-state index contributed by atoms with van der Waals surface area (Å²) in [7, 11) is 0. The zero-order valence-electron chi connectivity index (χ0n) is 16.0. The average Bonchev–Trinajstić information content (AvgIpc) is 3.14. The molecule has 0 aromatic heterocycles. The summed E-state index contributed by atoms with van der Waals surface area (Å²) < 4.78 is 0. The van der Waals surface area contributed by atoms with Crippen LogP contribution in [0.2, 0.25) is 5.02 Å². The molecule has 2 aliphatic carbocycles. The Balaban J connectivity index is 1.37. The van der Waals surface area contributed by atoms with E-state index >= 15 is 0 Å². The molecule has 1 heterocycles. The van der Waals surface area contributed by atoms with Gasteiger partial charge >= 0.3 is 0 Å². The van der Waals surface area contributed by atoms with Crippen LogP contribution in [0.25, 0.3) is 0 Å². The molecular formula is C22H29ClN2O2. The molecule has 146 valence electrons. The molecule has 1 aliphatic heterocycles. The minimum absolute atomic E-state index is 0.221. The van der Waals surface area contributed by atoms with Gasteiger partial charge in [-0.05, 0) is 49.3 Å². The van der Waals surface area contributed by atoms with E-state index < -0.39 is 5.41 Å². The second-order valence-electron chi connectivity index (χ2n) is 8.47. The fraction of sp³-hybridized carbons (Fsp3) is 0.636. The highest BCUT2D eigenvalue weighted by atomic mass is 35.5. The number of carbonyl (C=O) groups excluding carboxylic acids is 2. The minimum atomic E-state index is -0.402. The topological polar surface area (TPSA) is 40.6 Å². The van der Waals surface area contributed by atoms with Crippen LogP contribution in [0.5, 0.6) is 0 Å². The summed E-state index contributed by atoms with van der Waals surface area (Å²) in [5.41, 5.74) is 0.645. The molecule has 0 bridgehead atoms. The number of nitrogens with zero attached hydrogens (tertiary/aromatic N) is 2. The minimum Gasteiger partial charge on any atom is -0.339 e. The molecule has 0 N–H and O–H groups in total. The predicted octanol–water partition coefficient (Wildman–Crippen LogP) is 4.01. The van der Waals surface area contributed by atoms with E-state index in [4.69, 9.17) is 11.6 Å². The SMILES string of the molecule is O=C(CC1CCCC1)N1CCN(C(=O)C2(c3cccc(Cl)c3)CCC2)CC1. The molecule has 0 spiro atoms. The molecule has 5 heteroatoms. The third-order valence-corrected chi connectivity index (χ3v) is 7.09. The van der Waals surface area contributed by atoms with Crippen LogP contribution in [-0.4, -0.2) is 47.8 Å². The number of carbonyl (C=O) groups is 2. The van der Waals surface area contributed by atoms with Crippen LogP contribution in [0.3, 0.4) is 0 Å². The Morgan fingerprint density at radius 1 is 1.00 bits per heavy atom. The second kappa shape index (κ2) is 7.83. The molecular weight excluding hydrogens is 360 g/mol. The van der Waals surface area contributed by atoms with E-state index in [1.54, 1.807) is 0 Å². The van der Waals surface area contributed by atoms with Crippen LogP contribution in [0, 0.1) is 5.92 Å². The van der Waals surface area contributed by atoms with Crippen molar-refractivity contribution in [1.82, 2.24) is 9.80 Å². The number of piperazine rings is 1. The summed E-state index contributed by atoms with van der Waals surface area (Å²) in [6.45, 7) is 2.64. The quantitative estimate of drug-likeness (QED) is 0.781. The standard InChI is InChI=1S/C22H29ClN2O2/c23-19-8-3-7-18(16-19)22(9-4-10-22)21(27)25-13-11-24(12-14-25)20(26)15-17-5-1-2-6-17/h3,7-8,16-17H,1-2,4-6,9-15H2. The van der Waals surface area contributed by atoms with Gasteiger partial charge in [0.15, 0.2) is 0 Å². The van der Waals surface area contributed by atoms with Gasteiger partial charge in [0.05, 0.1) is 5.41 Å². The van der Waals surface area contributed by atoms with E-state index in [0.29, 0.717) is 43.5 Å². The maximum Gasteiger partial charge on any atom is 0.233 e. The molecule has 1 aromatic carbocycles.